The number of hydrogen-bond donors (Lipinski definition) is 0. The number of hydrogen-bond acceptors (Lipinski definition) is 2. The molecule has 1 saturated heterocycles. The summed E-state index contributed by atoms with van der Waals surface area (Å²) in [6.07, 6.45) is 10.2. The van der Waals surface area contributed by atoms with Crippen molar-refractivity contribution >= 4 is 22.6 Å². The monoisotopic (exact) mass is 388 g/mol. The molecule has 1 unspecified atom stereocenters. The van der Waals surface area contributed by atoms with Gasteiger partial charge >= 0.3 is 0 Å². The Labute approximate surface area is 135 Å². The maximum atomic E-state index is 6.43. The van der Waals surface area contributed by atoms with Crippen LogP contribution >= 0.6 is 22.6 Å². The van der Waals surface area contributed by atoms with Gasteiger partial charge in [-0.2, -0.15) is 5.10 Å². The zero-order chi connectivity index (χ0) is 14.2. The van der Waals surface area contributed by atoms with Crippen molar-refractivity contribution in [2.45, 2.75) is 83.5 Å². The lowest BCUT2D eigenvalue weighted by molar-refractivity contribution is -0.0431. The first kappa shape index (κ1) is 14.8. The second-order valence-corrected chi connectivity index (χ2v) is 7.34. The molecule has 0 aromatic carbocycles. The Morgan fingerprint density at radius 2 is 2.00 bits per heavy atom. The van der Waals surface area contributed by atoms with Crippen LogP contribution in [0.2, 0.25) is 0 Å². The third kappa shape index (κ3) is 2.65. The predicted octanol–water partition coefficient (Wildman–Crippen LogP) is 4.10. The van der Waals surface area contributed by atoms with Gasteiger partial charge in [0.1, 0.15) is 0 Å². The summed E-state index contributed by atoms with van der Waals surface area (Å²) < 4.78 is 10.0. The molecule has 1 atom stereocenters. The van der Waals surface area contributed by atoms with E-state index in [1.807, 2.05) is 0 Å². The van der Waals surface area contributed by atoms with Crippen molar-refractivity contribution in [1.29, 1.82) is 0 Å². The van der Waals surface area contributed by atoms with Crippen LogP contribution in [-0.4, -0.2) is 21.5 Å². The zero-order valence-electron chi connectivity index (χ0n) is 12.6. The van der Waals surface area contributed by atoms with Crippen molar-refractivity contribution in [1.82, 2.24) is 9.78 Å². The van der Waals surface area contributed by atoms with Crippen molar-refractivity contribution in [2.75, 3.05) is 0 Å². The van der Waals surface area contributed by atoms with Crippen LogP contribution in [0.4, 0.5) is 0 Å². The average molecular weight is 388 g/mol. The molecule has 0 bridgehead atoms. The van der Waals surface area contributed by atoms with Gasteiger partial charge in [0.2, 0.25) is 0 Å². The molecule has 1 aliphatic carbocycles. The highest BCUT2D eigenvalue weighted by Gasteiger charge is 2.42. The lowest BCUT2D eigenvalue weighted by Crippen LogP contribution is -2.27. The van der Waals surface area contributed by atoms with Crippen LogP contribution in [0.25, 0.3) is 0 Å². The molecule has 2 fully saturated rings. The van der Waals surface area contributed by atoms with Crippen molar-refractivity contribution < 1.29 is 4.74 Å². The van der Waals surface area contributed by atoms with E-state index in [0.717, 1.165) is 19.4 Å². The predicted molar refractivity (Wildman–Crippen MR) is 89.0 cm³/mol. The van der Waals surface area contributed by atoms with Crippen LogP contribution in [0.15, 0.2) is 0 Å². The van der Waals surface area contributed by atoms with Crippen molar-refractivity contribution in [2.24, 2.45) is 0 Å². The standard InChI is InChI=1S/C16H25IN2O/c1-3-13-15(17)14(4-2)19(18-13)11-12-7-10-16(20-12)8-5-6-9-16/h12H,3-11H2,1-2H3. The van der Waals surface area contributed by atoms with E-state index >= 15 is 0 Å². The third-order valence-corrected chi connectivity index (χ3v) is 6.20. The average Bonchev–Trinajstić information content (AvgIpc) is 3.13. The molecule has 1 aromatic rings. The number of aryl methyl sites for hydroxylation is 1. The summed E-state index contributed by atoms with van der Waals surface area (Å²) in [6, 6.07) is 0. The van der Waals surface area contributed by atoms with Gasteiger partial charge in [-0.1, -0.05) is 26.7 Å². The molecule has 0 amide bonds. The van der Waals surface area contributed by atoms with Gasteiger partial charge in [-0.25, -0.2) is 0 Å². The van der Waals surface area contributed by atoms with Crippen LogP contribution in [0, 0.1) is 3.57 Å². The molecule has 0 N–H and O–H groups in total. The lowest BCUT2D eigenvalue weighted by Gasteiger charge is -2.24. The minimum atomic E-state index is 0.241. The van der Waals surface area contributed by atoms with E-state index in [0.29, 0.717) is 6.10 Å². The third-order valence-electron chi connectivity index (χ3n) is 4.96. The summed E-state index contributed by atoms with van der Waals surface area (Å²) in [6.45, 7) is 5.36. The van der Waals surface area contributed by atoms with Gasteiger partial charge in [0.05, 0.1) is 33.2 Å². The number of ether oxygens (including phenoxy) is 1. The lowest BCUT2D eigenvalue weighted by atomic mass is 9.98. The van der Waals surface area contributed by atoms with Crippen molar-refractivity contribution in [3.05, 3.63) is 15.0 Å². The van der Waals surface area contributed by atoms with Gasteiger partial charge in [-0.15, -0.1) is 0 Å². The smallest absolute Gasteiger partial charge is 0.0779 e. The molecule has 112 valence electrons. The molecule has 2 aliphatic rings. The number of rotatable bonds is 4. The molecule has 1 aromatic heterocycles. The van der Waals surface area contributed by atoms with E-state index in [9.17, 15) is 0 Å². The Morgan fingerprint density at radius 1 is 1.25 bits per heavy atom. The van der Waals surface area contributed by atoms with Gasteiger partial charge < -0.3 is 4.74 Å². The largest absolute Gasteiger partial charge is 0.370 e. The molecular formula is C16H25IN2O. The second-order valence-electron chi connectivity index (χ2n) is 6.27. The van der Waals surface area contributed by atoms with Crippen LogP contribution in [-0.2, 0) is 24.1 Å². The van der Waals surface area contributed by atoms with Crippen LogP contribution in [0.5, 0.6) is 0 Å². The SMILES string of the molecule is CCc1nn(CC2CCC3(CCCC3)O2)c(CC)c1I. The summed E-state index contributed by atoms with van der Waals surface area (Å²) in [5, 5.41) is 4.81. The maximum Gasteiger partial charge on any atom is 0.0779 e. The molecule has 3 nitrogen and oxygen atoms in total. The molecule has 1 spiro atoms. The van der Waals surface area contributed by atoms with E-state index in [4.69, 9.17) is 9.84 Å². The highest BCUT2D eigenvalue weighted by molar-refractivity contribution is 14.1. The number of nitrogens with zero attached hydrogens (tertiary/aromatic N) is 2. The Kier molecular flexibility index (Phi) is 4.41. The maximum absolute atomic E-state index is 6.43. The summed E-state index contributed by atoms with van der Waals surface area (Å²) in [4.78, 5) is 0. The first-order valence-corrected chi connectivity index (χ1v) is 9.17. The fraction of sp³-hybridized carbons (Fsp3) is 0.812. The molecule has 4 heteroatoms. The topological polar surface area (TPSA) is 27.1 Å². The fourth-order valence-corrected chi connectivity index (χ4v) is 5.00. The minimum Gasteiger partial charge on any atom is -0.370 e. The Morgan fingerprint density at radius 3 is 2.65 bits per heavy atom. The van der Waals surface area contributed by atoms with Crippen LogP contribution in [0.1, 0.15) is 63.8 Å². The van der Waals surface area contributed by atoms with E-state index in [2.05, 4.69) is 41.1 Å². The molecule has 3 rings (SSSR count). The molecule has 0 radical (unpaired) electrons. The number of aromatic nitrogens is 2. The van der Waals surface area contributed by atoms with Gasteiger partial charge in [-0.05, 0) is 61.1 Å². The molecular weight excluding hydrogens is 363 g/mol. The first-order valence-electron chi connectivity index (χ1n) is 8.09. The summed E-state index contributed by atoms with van der Waals surface area (Å²) in [5.41, 5.74) is 2.87. The molecule has 1 saturated carbocycles. The Hall–Kier alpha value is -0.100. The van der Waals surface area contributed by atoms with E-state index in [1.165, 1.54) is 53.5 Å². The molecule has 20 heavy (non-hydrogen) atoms. The molecule has 2 heterocycles. The van der Waals surface area contributed by atoms with E-state index < -0.39 is 0 Å². The van der Waals surface area contributed by atoms with Crippen LogP contribution < -0.4 is 0 Å². The summed E-state index contributed by atoms with van der Waals surface area (Å²) in [7, 11) is 0. The zero-order valence-corrected chi connectivity index (χ0v) is 14.8. The summed E-state index contributed by atoms with van der Waals surface area (Å²) in [5.74, 6) is 0. The van der Waals surface area contributed by atoms with E-state index in [1.54, 1.807) is 0 Å². The highest BCUT2D eigenvalue weighted by atomic mass is 127. The van der Waals surface area contributed by atoms with Gasteiger partial charge in [0.25, 0.3) is 0 Å². The second kappa shape index (κ2) is 5.95. The van der Waals surface area contributed by atoms with Crippen LogP contribution in [0.3, 0.4) is 0 Å². The van der Waals surface area contributed by atoms with Crippen molar-refractivity contribution in [3.63, 3.8) is 0 Å². The Bertz CT molecular complexity index is 477. The normalized spacial score (nSPS) is 24.9. The highest BCUT2D eigenvalue weighted by Crippen LogP contribution is 2.43. The van der Waals surface area contributed by atoms with Gasteiger partial charge in [-0.3, -0.25) is 4.68 Å². The number of halogens is 1. The first-order chi connectivity index (χ1) is 9.67. The van der Waals surface area contributed by atoms with Crippen molar-refractivity contribution in [3.8, 4) is 0 Å². The quantitative estimate of drug-likeness (QED) is 0.727. The fourth-order valence-electron chi connectivity index (χ4n) is 3.85. The molecule has 1 aliphatic heterocycles. The summed E-state index contributed by atoms with van der Waals surface area (Å²) >= 11 is 2.46. The van der Waals surface area contributed by atoms with Gasteiger partial charge in [0.15, 0.2) is 0 Å². The van der Waals surface area contributed by atoms with Gasteiger partial charge in [0, 0.05) is 0 Å². The Balaban J connectivity index is 1.72. The minimum absolute atomic E-state index is 0.241. The van der Waals surface area contributed by atoms with E-state index in [-0.39, 0.29) is 5.60 Å².